The number of likely N-dealkylation sites (N-methyl/N-ethyl adjacent to an activating group) is 1. The van der Waals surface area contributed by atoms with Gasteiger partial charge in [0.05, 0.1) is 5.54 Å². The van der Waals surface area contributed by atoms with Crippen LogP contribution < -0.4 is 10.6 Å². The maximum atomic E-state index is 11.8. The van der Waals surface area contributed by atoms with E-state index in [1.54, 1.807) is 13.2 Å². The van der Waals surface area contributed by atoms with Crippen LogP contribution in [0.15, 0.2) is 24.5 Å². The van der Waals surface area contributed by atoms with Crippen molar-refractivity contribution in [3.63, 3.8) is 0 Å². The maximum absolute atomic E-state index is 11.8. The molecule has 0 aliphatic carbocycles. The lowest BCUT2D eigenvalue weighted by atomic mass is 9.81. The predicted molar refractivity (Wildman–Crippen MR) is 66.6 cm³/mol. The quantitative estimate of drug-likeness (QED) is 0.794. The Bertz CT molecular complexity index is 374. The summed E-state index contributed by atoms with van der Waals surface area (Å²) in [6, 6.07) is 4.03. The number of rotatable bonds is 5. The van der Waals surface area contributed by atoms with E-state index in [4.69, 9.17) is 0 Å². The van der Waals surface area contributed by atoms with Crippen LogP contribution in [0.2, 0.25) is 0 Å². The van der Waals surface area contributed by atoms with Crippen molar-refractivity contribution in [3.8, 4) is 0 Å². The molecule has 4 nitrogen and oxygen atoms in total. The molecule has 1 aromatic rings. The number of aryl methyl sites for hydroxylation is 1. The van der Waals surface area contributed by atoms with Crippen molar-refractivity contribution >= 4 is 5.91 Å². The lowest BCUT2D eigenvalue weighted by Gasteiger charge is -2.41. The topological polar surface area (TPSA) is 54.0 Å². The fraction of sp³-hybridized carbons (Fsp3) is 0.538. The van der Waals surface area contributed by atoms with E-state index in [-0.39, 0.29) is 11.4 Å². The minimum Gasteiger partial charge on any atom is -0.358 e. The molecule has 4 heteroatoms. The molecule has 0 saturated carbocycles. The Labute approximate surface area is 102 Å². The summed E-state index contributed by atoms with van der Waals surface area (Å²) in [7, 11) is 1.70. The normalized spacial score (nSPS) is 22.9. The molecule has 0 spiro atoms. The highest BCUT2D eigenvalue weighted by atomic mass is 16.2. The third-order valence-electron chi connectivity index (χ3n) is 3.47. The molecule has 2 N–H and O–H groups in total. The molecule has 0 radical (unpaired) electrons. The van der Waals surface area contributed by atoms with Crippen molar-refractivity contribution in [2.24, 2.45) is 0 Å². The largest absolute Gasteiger partial charge is 0.358 e. The van der Waals surface area contributed by atoms with E-state index < -0.39 is 0 Å². The van der Waals surface area contributed by atoms with Gasteiger partial charge in [-0.1, -0.05) is 6.07 Å². The van der Waals surface area contributed by atoms with Gasteiger partial charge in [0.15, 0.2) is 0 Å². The molecule has 1 amide bonds. The van der Waals surface area contributed by atoms with E-state index in [1.807, 2.05) is 12.3 Å². The van der Waals surface area contributed by atoms with E-state index in [9.17, 15) is 4.79 Å². The molecule has 1 saturated heterocycles. The van der Waals surface area contributed by atoms with Crippen LogP contribution in [0.5, 0.6) is 0 Å². The van der Waals surface area contributed by atoms with Crippen molar-refractivity contribution in [3.05, 3.63) is 30.1 Å². The number of nitrogens with one attached hydrogen (secondary N) is 2. The van der Waals surface area contributed by atoms with Gasteiger partial charge in [0.25, 0.3) is 0 Å². The zero-order chi connectivity index (χ0) is 12.1. The number of carbonyl (C=O) groups is 1. The van der Waals surface area contributed by atoms with E-state index in [1.165, 1.54) is 5.56 Å². The van der Waals surface area contributed by atoms with Crippen LogP contribution in [0.1, 0.15) is 24.8 Å². The van der Waals surface area contributed by atoms with Gasteiger partial charge in [0, 0.05) is 19.4 Å². The van der Waals surface area contributed by atoms with E-state index in [0.717, 1.165) is 32.2 Å². The van der Waals surface area contributed by atoms with Crippen LogP contribution in [0.3, 0.4) is 0 Å². The summed E-state index contributed by atoms with van der Waals surface area (Å²) in [6.45, 7) is 0.945. The molecular formula is C13H19N3O. The minimum atomic E-state index is -0.309. The lowest BCUT2D eigenvalue weighted by molar-refractivity contribution is -0.130. The van der Waals surface area contributed by atoms with Crippen LogP contribution in [0, 0.1) is 0 Å². The standard InChI is InChI=1S/C13H19N3O/c1-14-12(17)13(7-9-16-13)6-2-4-11-5-3-8-15-10-11/h3,5,8,10,16H,2,4,6-7,9H2,1H3,(H,14,17)/t13-/m0/s1. The molecular weight excluding hydrogens is 214 g/mol. The van der Waals surface area contributed by atoms with Gasteiger partial charge in [-0.2, -0.15) is 0 Å². The molecule has 1 aliphatic heterocycles. The fourth-order valence-electron chi connectivity index (χ4n) is 2.33. The summed E-state index contributed by atoms with van der Waals surface area (Å²) in [6.07, 6.45) is 7.49. The van der Waals surface area contributed by atoms with Crippen LogP contribution in [0.4, 0.5) is 0 Å². The molecule has 2 rings (SSSR count). The van der Waals surface area contributed by atoms with Crippen molar-refractivity contribution < 1.29 is 4.79 Å². The van der Waals surface area contributed by atoms with Gasteiger partial charge in [0.1, 0.15) is 0 Å². The Kier molecular flexibility index (Phi) is 3.74. The Morgan fingerprint density at radius 1 is 1.65 bits per heavy atom. The molecule has 1 atom stereocenters. The summed E-state index contributed by atoms with van der Waals surface area (Å²) in [5.41, 5.74) is 0.927. The number of amides is 1. The fourth-order valence-corrected chi connectivity index (χ4v) is 2.33. The highest BCUT2D eigenvalue weighted by Gasteiger charge is 2.42. The summed E-state index contributed by atoms with van der Waals surface area (Å²) in [5, 5.41) is 6.01. The molecule has 92 valence electrons. The molecule has 1 aliphatic rings. The Morgan fingerprint density at radius 2 is 2.47 bits per heavy atom. The van der Waals surface area contributed by atoms with Gasteiger partial charge in [-0.05, 0) is 43.9 Å². The monoisotopic (exact) mass is 233 g/mol. The van der Waals surface area contributed by atoms with Crippen molar-refractivity contribution in [2.75, 3.05) is 13.6 Å². The average molecular weight is 233 g/mol. The third-order valence-corrected chi connectivity index (χ3v) is 3.47. The van der Waals surface area contributed by atoms with E-state index in [2.05, 4.69) is 21.7 Å². The summed E-state index contributed by atoms with van der Waals surface area (Å²) in [4.78, 5) is 15.9. The zero-order valence-electron chi connectivity index (χ0n) is 10.2. The zero-order valence-corrected chi connectivity index (χ0v) is 10.2. The molecule has 1 aromatic heterocycles. The van der Waals surface area contributed by atoms with Crippen molar-refractivity contribution in [1.29, 1.82) is 0 Å². The summed E-state index contributed by atoms with van der Waals surface area (Å²) >= 11 is 0. The van der Waals surface area contributed by atoms with Crippen molar-refractivity contribution in [1.82, 2.24) is 15.6 Å². The second kappa shape index (κ2) is 5.27. The Balaban J connectivity index is 1.83. The molecule has 0 unspecified atom stereocenters. The number of carbonyl (C=O) groups excluding carboxylic acids is 1. The van der Waals surface area contributed by atoms with Gasteiger partial charge in [-0.25, -0.2) is 0 Å². The SMILES string of the molecule is CNC(=O)[C@]1(CCCc2cccnc2)CCN1. The molecule has 0 aromatic carbocycles. The smallest absolute Gasteiger partial charge is 0.240 e. The highest BCUT2D eigenvalue weighted by molar-refractivity contribution is 5.87. The first-order valence-electron chi connectivity index (χ1n) is 6.13. The van der Waals surface area contributed by atoms with E-state index >= 15 is 0 Å². The lowest BCUT2D eigenvalue weighted by Crippen LogP contribution is -2.65. The Morgan fingerprint density at radius 3 is 3.00 bits per heavy atom. The second-order valence-electron chi connectivity index (χ2n) is 4.55. The van der Waals surface area contributed by atoms with Crippen molar-refractivity contribution in [2.45, 2.75) is 31.2 Å². The molecule has 1 fully saturated rings. The van der Waals surface area contributed by atoms with Gasteiger partial charge >= 0.3 is 0 Å². The summed E-state index contributed by atoms with van der Waals surface area (Å²) in [5.74, 6) is 0.120. The molecule has 17 heavy (non-hydrogen) atoms. The number of pyridine rings is 1. The van der Waals surface area contributed by atoms with E-state index in [0.29, 0.717) is 0 Å². The number of hydrogen-bond donors (Lipinski definition) is 2. The van der Waals surface area contributed by atoms with Crippen LogP contribution in [0.25, 0.3) is 0 Å². The molecule has 2 heterocycles. The number of aromatic nitrogens is 1. The number of hydrogen-bond acceptors (Lipinski definition) is 3. The highest BCUT2D eigenvalue weighted by Crippen LogP contribution is 2.25. The third kappa shape index (κ3) is 2.64. The van der Waals surface area contributed by atoms with Crippen LogP contribution in [-0.2, 0) is 11.2 Å². The number of nitrogens with zero attached hydrogens (tertiary/aromatic N) is 1. The first kappa shape index (κ1) is 12.0. The molecule has 0 bridgehead atoms. The second-order valence-corrected chi connectivity index (χ2v) is 4.55. The van der Waals surface area contributed by atoms with Crippen LogP contribution in [-0.4, -0.2) is 30.0 Å². The predicted octanol–water partition coefficient (Wildman–Crippen LogP) is 0.882. The minimum absolute atomic E-state index is 0.120. The summed E-state index contributed by atoms with van der Waals surface area (Å²) < 4.78 is 0. The Hall–Kier alpha value is -1.42. The first-order valence-corrected chi connectivity index (χ1v) is 6.13. The van der Waals surface area contributed by atoms with Gasteiger partial charge in [0.2, 0.25) is 5.91 Å². The van der Waals surface area contributed by atoms with Crippen LogP contribution >= 0.6 is 0 Å². The average Bonchev–Trinajstić information content (AvgIpc) is 2.33. The van der Waals surface area contributed by atoms with Gasteiger partial charge in [-0.3, -0.25) is 9.78 Å². The maximum Gasteiger partial charge on any atom is 0.240 e. The van der Waals surface area contributed by atoms with Gasteiger partial charge in [-0.15, -0.1) is 0 Å². The first-order chi connectivity index (χ1) is 8.27. The van der Waals surface area contributed by atoms with Gasteiger partial charge < -0.3 is 10.6 Å².